The van der Waals surface area contributed by atoms with Crippen molar-refractivity contribution in [3.8, 4) is 11.5 Å². The molecule has 0 aliphatic heterocycles. The van der Waals surface area contributed by atoms with Crippen LogP contribution in [0.25, 0.3) is 11.5 Å². The van der Waals surface area contributed by atoms with E-state index in [4.69, 9.17) is 9.15 Å². The number of aryl methyl sites for hydroxylation is 1. The van der Waals surface area contributed by atoms with Gasteiger partial charge in [0, 0.05) is 18.4 Å². The summed E-state index contributed by atoms with van der Waals surface area (Å²) >= 11 is 1.60. The second-order valence-corrected chi connectivity index (χ2v) is 6.28. The number of amides is 1. The third kappa shape index (κ3) is 5.90. The van der Waals surface area contributed by atoms with E-state index in [0.29, 0.717) is 24.6 Å². The minimum atomic E-state index is -0.632. The number of rotatable bonds is 9. The Morgan fingerprint density at radius 3 is 2.72 bits per heavy atom. The predicted molar refractivity (Wildman–Crippen MR) is 95.0 cm³/mol. The Morgan fingerprint density at radius 1 is 1.28 bits per heavy atom. The van der Waals surface area contributed by atoms with Crippen LogP contribution in [0.15, 0.2) is 34.7 Å². The number of thioether (sulfide) groups is 1. The average Bonchev–Trinajstić information content (AvgIpc) is 3.12. The van der Waals surface area contributed by atoms with Crippen molar-refractivity contribution in [1.29, 1.82) is 0 Å². The van der Waals surface area contributed by atoms with E-state index in [1.165, 1.54) is 7.11 Å². The number of benzene rings is 1. The van der Waals surface area contributed by atoms with Crippen LogP contribution >= 0.6 is 11.8 Å². The average molecular weight is 363 g/mol. The lowest BCUT2D eigenvalue weighted by Gasteiger charge is -2.15. The number of aromatic nitrogens is 2. The third-order valence-corrected chi connectivity index (χ3v) is 4.13. The van der Waals surface area contributed by atoms with Gasteiger partial charge in [0.25, 0.3) is 0 Å². The van der Waals surface area contributed by atoms with Gasteiger partial charge in [0.1, 0.15) is 6.04 Å². The molecule has 1 atom stereocenters. The summed E-state index contributed by atoms with van der Waals surface area (Å²) < 4.78 is 10.3. The highest BCUT2D eigenvalue weighted by Crippen LogP contribution is 2.17. The molecule has 0 aliphatic carbocycles. The maximum Gasteiger partial charge on any atom is 0.328 e. The number of carbonyl (C=O) groups excluding carboxylic acids is 2. The number of ether oxygens (including phenoxy) is 1. The molecule has 0 spiro atoms. The van der Waals surface area contributed by atoms with Gasteiger partial charge in [-0.2, -0.15) is 11.8 Å². The molecule has 7 nitrogen and oxygen atoms in total. The van der Waals surface area contributed by atoms with E-state index in [9.17, 15) is 9.59 Å². The van der Waals surface area contributed by atoms with Crippen LogP contribution in [0, 0.1) is 0 Å². The van der Waals surface area contributed by atoms with Crippen molar-refractivity contribution < 1.29 is 18.7 Å². The molecule has 0 radical (unpaired) electrons. The SMILES string of the molecule is COC(=O)[C@H](CCSC)NC(=O)CCc1nnc(-c2ccccc2)o1. The van der Waals surface area contributed by atoms with Crippen LogP contribution in [0.2, 0.25) is 0 Å². The number of carbonyl (C=O) groups is 2. The first-order valence-electron chi connectivity index (χ1n) is 7.88. The number of esters is 1. The minimum absolute atomic E-state index is 0.156. The molecule has 134 valence electrons. The number of nitrogens with one attached hydrogen (secondary N) is 1. The zero-order chi connectivity index (χ0) is 18.1. The van der Waals surface area contributed by atoms with Gasteiger partial charge in [-0.15, -0.1) is 10.2 Å². The van der Waals surface area contributed by atoms with E-state index >= 15 is 0 Å². The Kier molecular flexibility index (Phi) is 7.46. The summed E-state index contributed by atoms with van der Waals surface area (Å²) in [5.74, 6) is 0.864. The molecule has 0 saturated carbocycles. The summed E-state index contributed by atoms with van der Waals surface area (Å²) in [4.78, 5) is 23.8. The van der Waals surface area contributed by atoms with Gasteiger partial charge in [-0.1, -0.05) is 18.2 Å². The van der Waals surface area contributed by atoms with Gasteiger partial charge in [0.2, 0.25) is 17.7 Å². The molecule has 1 aromatic carbocycles. The van der Waals surface area contributed by atoms with Crippen LogP contribution < -0.4 is 5.32 Å². The van der Waals surface area contributed by atoms with Crippen molar-refractivity contribution in [2.45, 2.75) is 25.3 Å². The van der Waals surface area contributed by atoms with E-state index in [2.05, 4.69) is 15.5 Å². The van der Waals surface area contributed by atoms with Crippen LogP contribution in [0.4, 0.5) is 0 Å². The second-order valence-electron chi connectivity index (χ2n) is 5.29. The highest BCUT2D eigenvalue weighted by Gasteiger charge is 2.21. The molecule has 25 heavy (non-hydrogen) atoms. The summed E-state index contributed by atoms with van der Waals surface area (Å²) in [6.45, 7) is 0. The predicted octanol–water partition coefficient (Wildman–Crippen LogP) is 2.08. The summed E-state index contributed by atoms with van der Waals surface area (Å²) in [7, 11) is 1.31. The topological polar surface area (TPSA) is 94.3 Å². The highest BCUT2D eigenvalue weighted by atomic mass is 32.2. The largest absolute Gasteiger partial charge is 0.467 e. The molecule has 0 saturated heterocycles. The van der Waals surface area contributed by atoms with E-state index in [1.54, 1.807) is 11.8 Å². The lowest BCUT2D eigenvalue weighted by atomic mass is 10.2. The summed E-state index contributed by atoms with van der Waals surface area (Å²) in [5, 5.41) is 10.6. The fourth-order valence-electron chi connectivity index (χ4n) is 2.17. The molecule has 2 aromatic rings. The lowest BCUT2D eigenvalue weighted by Crippen LogP contribution is -2.42. The maximum absolute atomic E-state index is 12.1. The molecular formula is C17H21N3O4S. The molecule has 1 N–H and O–H groups in total. The monoisotopic (exact) mass is 363 g/mol. The zero-order valence-electron chi connectivity index (χ0n) is 14.2. The lowest BCUT2D eigenvalue weighted by molar-refractivity contribution is -0.145. The van der Waals surface area contributed by atoms with Gasteiger partial charge in [0.05, 0.1) is 7.11 Å². The van der Waals surface area contributed by atoms with Gasteiger partial charge in [-0.3, -0.25) is 4.79 Å². The first kappa shape index (κ1) is 19.0. The Balaban J connectivity index is 1.87. The molecule has 0 aliphatic rings. The van der Waals surface area contributed by atoms with Crippen LogP contribution in [0.3, 0.4) is 0 Å². The van der Waals surface area contributed by atoms with Crippen LogP contribution in [0.5, 0.6) is 0 Å². The van der Waals surface area contributed by atoms with E-state index in [1.807, 2.05) is 36.6 Å². The molecule has 1 aromatic heterocycles. The van der Waals surface area contributed by atoms with Crippen molar-refractivity contribution in [3.05, 3.63) is 36.2 Å². The second kappa shape index (κ2) is 9.83. The number of nitrogens with zero attached hydrogens (tertiary/aromatic N) is 2. The van der Waals surface area contributed by atoms with Crippen molar-refractivity contribution >= 4 is 23.6 Å². The van der Waals surface area contributed by atoms with E-state index in [-0.39, 0.29) is 12.3 Å². The van der Waals surface area contributed by atoms with Crippen molar-refractivity contribution in [1.82, 2.24) is 15.5 Å². The zero-order valence-corrected chi connectivity index (χ0v) is 15.0. The summed E-state index contributed by atoms with van der Waals surface area (Å²) in [6.07, 6.45) is 2.93. The Bertz CT molecular complexity index is 690. The first-order chi connectivity index (χ1) is 12.1. The Hall–Kier alpha value is -2.35. The van der Waals surface area contributed by atoms with Crippen LogP contribution in [-0.4, -0.2) is 47.2 Å². The van der Waals surface area contributed by atoms with Gasteiger partial charge < -0.3 is 14.5 Å². The van der Waals surface area contributed by atoms with Crippen molar-refractivity contribution in [2.24, 2.45) is 0 Å². The number of hydrogen-bond acceptors (Lipinski definition) is 7. The molecule has 1 amide bonds. The molecule has 2 rings (SSSR count). The van der Waals surface area contributed by atoms with Crippen molar-refractivity contribution in [2.75, 3.05) is 19.1 Å². The smallest absolute Gasteiger partial charge is 0.328 e. The van der Waals surface area contributed by atoms with Crippen molar-refractivity contribution in [3.63, 3.8) is 0 Å². The fourth-order valence-corrected chi connectivity index (χ4v) is 2.64. The number of hydrogen-bond donors (Lipinski definition) is 1. The quantitative estimate of drug-likeness (QED) is 0.682. The van der Waals surface area contributed by atoms with E-state index < -0.39 is 12.0 Å². The molecule has 0 unspecified atom stereocenters. The normalized spacial score (nSPS) is 11.8. The van der Waals surface area contributed by atoms with Gasteiger partial charge in [-0.25, -0.2) is 4.79 Å². The molecule has 8 heteroatoms. The first-order valence-corrected chi connectivity index (χ1v) is 9.27. The number of methoxy groups -OCH3 is 1. The standard InChI is InChI=1S/C17H21N3O4S/c1-23-17(22)13(10-11-25-2)18-14(21)8-9-15-19-20-16(24-15)12-6-4-3-5-7-12/h3-7,13H,8-11H2,1-2H3,(H,18,21)/t13-/m0/s1. The van der Waals surface area contributed by atoms with Gasteiger partial charge in [-0.05, 0) is 30.6 Å². The molecule has 0 fully saturated rings. The van der Waals surface area contributed by atoms with Crippen LogP contribution in [0.1, 0.15) is 18.7 Å². The maximum atomic E-state index is 12.1. The van der Waals surface area contributed by atoms with Crippen LogP contribution in [-0.2, 0) is 20.7 Å². The highest BCUT2D eigenvalue weighted by molar-refractivity contribution is 7.98. The third-order valence-electron chi connectivity index (χ3n) is 3.49. The molecular weight excluding hydrogens is 342 g/mol. The van der Waals surface area contributed by atoms with Gasteiger partial charge in [0.15, 0.2) is 0 Å². The summed E-state index contributed by atoms with van der Waals surface area (Å²) in [5.41, 5.74) is 0.827. The van der Waals surface area contributed by atoms with Gasteiger partial charge >= 0.3 is 5.97 Å². The molecule has 1 heterocycles. The fraction of sp³-hybridized carbons (Fsp3) is 0.412. The molecule has 0 bridgehead atoms. The Labute approximate surface area is 150 Å². The van der Waals surface area contributed by atoms with E-state index in [0.717, 1.165) is 11.3 Å². The summed E-state index contributed by atoms with van der Waals surface area (Å²) in [6, 6.07) is 8.78. The Morgan fingerprint density at radius 2 is 2.04 bits per heavy atom. The minimum Gasteiger partial charge on any atom is -0.467 e.